The van der Waals surface area contributed by atoms with Gasteiger partial charge in [-0.2, -0.15) is 0 Å². The van der Waals surface area contributed by atoms with Crippen molar-refractivity contribution in [3.8, 4) is 5.75 Å². The first kappa shape index (κ1) is 21.0. The van der Waals surface area contributed by atoms with Crippen LogP contribution in [-0.4, -0.2) is 23.9 Å². The lowest BCUT2D eigenvalue weighted by molar-refractivity contribution is -0.384. The molecule has 1 heterocycles. The number of methoxy groups -OCH3 is 1. The highest BCUT2D eigenvalue weighted by atomic mass is 16.6. The van der Waals surface area contributed by atoms with Crippen molar-refractivity contribution in [3.05, 3.63) is 98.6 Å². The van der Waals surface area contributed by atoms with Gasteiger partial charge in [0.2, 0.25) is 0 Å². The van der Waals surface area contributed by atoms with Crippen LogP contribution in [0.1, 0.15) is 43.5 Å². The Balaban J connectivity index is 1.58. The molecule has 0 unspecified atom stereocenters. The third-order valence-corrected chi connectivity index (χ3v) is 5.34. The number of rotatable bonds is 5. The van der Waals surface area contributed by atoms with Crippen LogP contribution in [0.25, 0.3) is 0 Å². The van der Waals surface area contributed by atoms with Crippen LogP contribution >= 0.6 is 0 Å². The molecule has 0 radical (unpaired) electrons. The number of hydrogen-bond donors (Lipinski definition) is 1. The second kappa shape index (κ2) is 8.50. The molecular formula is C24H20N2O6. The molecule has 0 fully saturated rings. The zero-order chi connectivity index (χ0) is 22.8. The highest BCUT2D eigenvalue weighted by Crippen LogP contribution is 2.32. The lowest BCUT2D eigenvalue weighted by atomic mass is 9.92. The van der Waals surface area contributed by atoms with Gasteiger partial charge in [-0.15, -0.1) is 0 Å². The molecule has 1 aliphatic heterocycles. The SMILES string of the molecule is COc1cc([N+](=O)[O-])ccc1NC(=O)c1ccc2c(c1)C[C@H](c1ccc(C)cc1)OC2=O. The number of hydrogen-bond acceptors (Lipinski definition) is 6. The molecule has 0 saturated heterocycles. The van der Waals surface area contributed by atoms with E-state index in [1.807, 2.05) is 31.2 Å². The molecule has 0 saturated carbocycles. The molecule has 4 rings (SSSR count). The topological polar surface area (TPSA) is 108 Å². The second-order valence-electron chi connectivity index (χ2n) is 7.48. The zero-order valence-electron chi connectivity index (χ0n) is 17.5. The average Bonchev–Trinajstić information content (AvgIpc) is 2.79. The van der Waals surface area contributed by atoms with Gasteiger partial charge in [0.05, 0.1) is 29.4 Å². The van der Waals surface area contributed by atoms with Crippen LogP contribution in [0.5, 0.6) is 5.75 Å². The van der Waals surface area contributed by atoms with Crippen molar-refractivity contribution in [1.29, 1.82) is 0 Å². The summed E-state index contributed by atoms with van der Waals surface area (Å²) in [5.74, 6) is -0.680. The smallest absolute Gasteiger partial charge is 0.339 e. The van der Waals surface area contributed by atoms with Gasteiger partial charge < -0.3 is 14.8 Å². The quantitative estimate of drug-likeness (QED) is 0.358. The number of nitrogens with one attached hydrogen (secondary N) is 1. The van der Waals surface area contributed by atoms with Crippen molar-refractivity contribution >= 4 is 23.3 Å². The second-order valence-corrected chi connectivity index (χ2v) is 7.48. The van der Waals surface area contributed by atoms with Crippen molar-refractivity contribution in [1.82, 2.24) is 0 Å². The van der Waals surface area contributed by atoms with Gasteiger partial charge >= 0.3 is 5.97 Å². The fourth-order valence-corrected chi connectivity index (χ4v) is 3.60. The number of benzene rings is 3. The molecule has 1 N–H and O–H groups in total. The van der Waals surface area contributed by atoms with Crippen LogP contribution in [0.3, 0.4) is 0 Å². The standard InChI is InChI=1S/C24H20N2O6/c1-14-3-5-15(6-4-14)21-12-17-11-16(7-9-19(17)24(28)32-21)23(27)25-20-10-8-18(26(29)30)13-22(20)31-2/h3-11,13,21H,12H2,1-2H3,(H,25,27)/t21-/m1/s1. The van der Waals surface area contributed by atoms with E-state index in [1.54, 1.807) is 18.2 Å². The molecule has 0 aliphatic carbocycles. The van der Waals surface area contributed by atoms with E-state index in [9.17, 15) is 19.7 Å². The number of fused-ring (bicyclic) bond motifs is 1. The molecule has 0 aromatic heterocycles. The fraction of sp³-hybridized carbons (Fsp3) is 0.167. The van der Waals surface area contributed by atoms with Gasteiger partial charge in [-0.05, 0) is 42.3 Å². The van der Waals surface area contributed by atoms with Crippen LogP contribution in [-0.2, 0) is 11.2 Å². The minimum Gasteiger partial charge on any atom is -0.494 e. The number of carbonyl (C=O) groups is 2. The van der Waals surface area contributed by atoms with E-state index in [0.29, 0.717) is 23.2 Å². The normalized spacial score (nSPS) is 14.8. The Morgan fingerprint density at radius 1 is 1.12 bits per heavy atom. The van der Waals surface area contributed by atoms with Gasteiger partial charge in [-0.1, -0.05) is 29.8 Å². The van der Waals surface area contributed by atoms with Crippen LogP contribution in [0.4, 0.5) is 11.4 Å². The number of nitro groups is 1. The van der Waals surface area contributed by atoms with E-state index < -0.39 is 22.9 Å². The van der Waals surface area contributed by atoms with E-state index >= 15 is 0 Å². The molecule has 1 aliphatic rings. The van der Waals surface area contributed by atoms with Crippen molar-refractivity contribution in [3.63, 3.8) is 0 Å². The number of cyclic esters (lactones) is 1. The summed E-state index contributed by atoms with van der Waals surface area (Å²) in [6.07, 6.45) is 0.0234. The fourth-order valence-electron chi connectivity index (χ4n) is 3.60. The lowest BCUT2D eigenvalue weighted by Crippen LogP contribution is -2.23. The number of aryl methyl sites for hydroxylation is 1. The number of esters is 1. The van der Waals surface area contributed by atoms with Crippen LogP contribution in [0.2, 0.25) is 0 Å². The molecule has 3 aromatic carbocycles. The van der Waals surface area contributed by atoms with Gasteiger partial charge in [0.15, 0.2) is 0 Å². The van der Waals surface area contributed by atoms with Crippen molar-refractivity contribution in [2.45, 2.75) is 19.4 Å². The number of amides is 1. The van der Waals surface area contributed by atoms with E-state index in [2.05, 4.69) is 5.32 Å². The molecule has 8 heteroatoms. The van der Waals surface area contributed by atoms with Crippen molar-refractivity contribution in [2.75, 3.05) is 12.4 Å². The summed E-state index contributed by atoms with van der Waals surface area (Å²) in [6.45, 7) is 1.98. The highest BCUT2D eigenvalue weighted by molar-refractivity contribution is 6.06. The third kappa shape index (κ3) is 4.15. The maximum Gasteiger partial charge on any atom is 0.339 e. The lowest BCUT2D eigenvalue weighted by Gasteiger charge is -2.25. The van der Waals surface area contributed by atoms with Crippen LogP contribution < -0.4 is 10.1 Å². The summed E-state index contributed by atoms with van der Waals surface area (Å²) in [5, 5.41) is 13.7. The average molecular weight is 432 g/mol. The molecule has 32 heavy (non-hydrogen) atoms. The largest absolute Gasteiger partial charge is 0.494 e. The van der Waals surface area contributed by atoms with Gasteiger partial charge in [-0.3, -0.25) is 14.9 Å². The molecular weight excluding hydrogens is 412 g/mol. The minimum absolute atomic E-state index is 0.144. The summed E-state index contributed by atoms with van der Waals surface area (Å²) in [6, 6.07) is 16.5. The molecule has 162 valence electrons. The Hall–Kier alpha value is -4.20. The Morgan fingerprint density at radius 2 is 1.88 bits per heavy atom. The monoisotopic (exact) mass is 432 g/mol. The highest BCUT2D eigenvalue weighted by Gasteiger charge is 2.28. The van der Waals surface area contributed by atoms with E-state index in [-0.39, 0.29) is 11.4 Å². The summed E-state index contributed by atoms with van der Waals surface area (Å²) >= 11 is 0. The van der Waals surface area contributed by atoms with E-state index in [4.69, 9.17) is 9.47 Å². The molecule has 8 nitrogen and oxygen atoms in total. The molecule has 1 atom stereocenters. The number of carbonyl (C=O) groups excluding carboxylic acids is 2. The summed E-state index contributed by atoms with van der Waals surface area (Å²) in [7, 11) is 1.37. The zero-order valence-corrected chi connectivity index (χ0v) is 17.5. The predicted octanol–water partition coefficient (Wildman–Crippen LogP) is 4.62. The predicted molar refractivity (Wildman–Crippen MR) is 117 cm³/mol. The van der Waals surface area contributed by atoms with Crippen molar-refractivity contribution < 1.29 is 24.0 Å². The van der Waals surface area contributed by atoms with Gasteiger partial charge in [0, 0.05) is 18.1 Å². The van der Waals surface area contributed by atoms with Crippen molar-refractivity contribution in [2.24, 2.45) is 0 Å². The summed E-state index contributed by atoms with van der Waals surface area (Å²) in [4.78, 5) is 35.7. The molecule has 0 bridgehead atoms. The number of ether oxygens (including phenoxy) is 2. The first-order valence-electron chi connectivity index (χ1n) is 9.90. The van der Waals surface area contributed by atoms with Crippen LogP contribution in [0, 0.1) is 17.0 Å². The minimum atomic E-state index is -0.541. The maximum absolute atomic E-state index is 12.8. The first-order valence-corrected chi connectivity index (χ1v) is 9.90. The van der Waals surface area contributed by atoms with Gasteiger partial charge in [-0.25, -0.2) is 4.79 Å². The Kier molecular flexibility index (Phi) is 5.59. The number of non-ortho nitro benzene ring substituents is 1. The molecule has 1 amide bonds. The Bertz CT molecular complexity index is 1220. The number of anilines is 1. The van der Waals surface area contributed by atoms with Gasteiger partial charge in [0.1, 0.15) is 11.9 Å². The molecule has 3 aromatic rings. The van der Waals surface area contributed by atoms with Gasteiger partial charge in [0.25, 0.3) is 11.6 Å². The Labute approximate surface area is 183 Å². The van der Waals surface area contributed by atoms with E-state index in [0.717, 1.165) is 16.7 Å². The molecule has 0 spiro atoms. The van der Waals surface area contributed by atoms with E-state index in [1.165, 1.54) is 25.3 Å². The maximum atomic E-state index is 12.8. The van der Waals surface area contributed by atoms with Crippen LogP contribution in [0.15, 0.2) is 60.7 Å². The summed E-state index contributed by atoms with van der Waals surface area (Å²) in [5.41, 5.74) is 3.65. The first-order chi connectivity index (χ1) is 15.4. The number of nitro benzene ring substituents is 1. The third-order valence-electron chi connectivity index (χ3n) is 5.34. The number of nitrogens with zero attached hydrogens (tertiary/aromatic N) is 1. The Morgan fingerprint density at radius 3 is 2.56 bits per heavy atom. The summed E-state index contributed by atoms with van der Waals surface area (Å²) < 4.78 is 10.8.